The van der Waals surface area contributed by atoms with Crippen molar-refractivity contribution in [3.8, 4) is 17.2 Å². The van der Waals surface area contributed by atoms with Crippen molar-refractivity contribution in [2.75, 3.05) is 21.3 Å². The molecule has 3 aliphatic rings. The third-order valence-corrected chi connectivity index (χ3v) is 8.31. The molecule has 6 rings (SSSR count). The predicted octanol–water partition coefficient (Wildman–Crippen LogP) is 6.63. The minimum Gasteiger partial charge on any atom is -0.493 e. The molecule has 1 aliphatic heterocycles. The van der Waals surface area contributed by atoms with E-state index in [-0.39, 0.29) is 23.4 Å². The molecule has 0 fully saturated rings. The zero-order valence-corrected chi connectivity index (χ0v) is 22.9. The van der Waals surface area contributed by atoms with Crippen LogP contribution in [0.5, 0.6) is 17.2 Å². The van der Waals surface area contributed by atoms with Gasteiger partial charge in [-0.2, -0.15) is 0 Å². The van der Waals surface area contributed by atoms with Crippen molar-refractivity contribution in [2.24, 2.45) is 0 Å². The summed E-state index contributed by atoms with van der Waals surface area (Å²) in [6.07, 6.45) is 1.90. The van der Waals surface area contributed by atoms with Gasteiger partial charge in [0.1, 0.15) is 11.5 Å². The summed E-state index contributed by atoms with van der Waals surface area (Å²) in [5.41, 5.74) is 4.09. The van der Waals surface area contributed by atoms with Gasteiger partial charge in [0.2, 0.25) is 5.75 Å². The highest BCUT2D eigenvalue weighted by Gasteiger charge is 2.46. The summed E-state index contributed by atoms with van der Waals surface area (Å²) in [6.45, 7) is 0. The Balaban J connectivity index is 1.50. The molecule has 204 valence electrons. The zero-order chi connectivity index (χ0) is 27.8. The highest BCUT2D eigenvalue weighted by molar-refractivity contribution is 6.06. The minimum atomic E-state index is -0.569. The molecule has 0 N–H and O–H groups in total. The molecule has 0 aromatic heterocycles. The van der Waals surface area contributed by atoms with Crippen LogP contribution in [0.4, 0.5) is 0 Å². The fraction of sp³-hybridized carbons (Fsp3) is 0.294. The van der Waals surface area contributed by atoms with Crippen LogP contribution in [0.15, 0.2) is 95.5 Å². The van der Waals surface area contributed by atoms with Crippen molar-refractivity contribution in [2.45, 2.75) is 43.4 Å². The fourth-order valence-corrected chi connectivity index (χ4v) is 6.44. The van der Waals surface area contributed by atoms with Crippen molar-refractivity contribution in [3.05, 3.63) is 112 Å². The third-order valence-electron chi connectivity index (χ3n) is 8.31. The van der Waals surface area contributed by atoms with E-state index in [0.717, 1.165) is 16.7 Å². The van der Waals surface area contributed by atoms with E-state index < -0.39 is 5.92 Å². The van der Waals surface area contributed by atoms with E-state index in [0.29, 0.717) is 65.6 Å². The monoisotopic (exact) mass is 536 g/mol. The van der Waals surface area contributed by atoms with Gasteiger partial charge in [-0.05, 0) is 40.7 Å². The van der Waals surface area contributed by atoms with Crippen molar-refractivity contribution in [3.63, 3.8) is 0 Å². The van der Waals surface area contributed by atoms with Crippen LogP contribution in [-0.4, -0.2) is 32.9 Å². The number of methoxy groups -OCH3 is 3. The molecular weight excluding hydrogens is 504 g/mol. The molecule has 0 bridgehead atoms. The van der Waals surface area contributed by atoms with Gasteiger partial charge in [-0.1, -0.05) is 60.7 Å². The Morgan fingerprint density at radius 1 is 0.600 bits per heavy atom. The van der Waals surface area contributed by atoms with Gasteiger partial charge >= 0.3 is 0 Å². The van der Waals surface area contributed by atoms with Crippen molar-refractivity contribution >= 4 is 11.6 Å². The lowest BCUT2D eigenvalue weighted by Crippen LogP contribution is -2.33. The van der Waals surface area contributed by atoms with Gasteiger partial charge < -0.3 is 18.9 Å². The molecule has 1 heterocycles. The largest absolute Gasteiger partial charge is 0.493 e. The fourth-order valence-electron chi connectivity index (χ4n) is 6.44. The number of Topliss-reactive ketones (excluding diaryl/α,β-unsaturated/α-hetero) is 2. The molecular formula is C34H32O6. The predicted molar refractivity (Wildman–Crippen MR) is 151 cm³/mol. The minimum absolute atomic E-state index is 0.00149. The average molecular weight is 537 g/mol. The lowest BCUT2D eigenvalue weighted by molar-refractivity contribution is -0.118. The average Bonchev–Trinajstić information content (AvgIpc) is 2.99. The maximum atomic E-state index is 13.9. The standard InChI is InChI=1S/C34H32O6/c1-37-29-18-24(19-30(38-2)34(29)39-3)31-32-25(35)14-22(20-10-6-4-7-11-20)16-27(32)40-28-17-23(15-26(36)33(28)31)21-12-8-5-9-13-21/h4-13,18-19,22-23,31H,14-17H2,1-3H3/t22-,23-/m0/s1. The Labute approximate surface area is 234 Å². The lowest BCUT2D eigenvalue weighted by atomic mass is 9.69. The summed E-state index contributed by atoms with van der Waals surface area (Å²) in [4.78, 5) is 27.9. The third kappa shape index (κ3) is 4.47. The second-order valence-corrected chi connectivity index (χ2v) is 10.5. The van der Waals surface area contributed by atoms with Gasteiger partial charge in [0.05, 0.1) is 21.3 Å². The second kappa shape index (κ2) is 10.7. The quantitative estimate of drug-likeness (QED) is 0.352. The SMILES string of the molecule is COc1cc(C2C3=C(C[C@@H](c4ccccc4)CC3=O)OC3=C2C(=O)C[C@H](c2ccccc2)C3)cc(OC)c1OC. The van der Waals surface area contributed by atoms with Crippen LogP contribution in [0, 0.1) is 0 Å². The number of carbonyl (C=O) groups is 2. The Bertz CT molecular complexity index is 1410. The van der Waals surface area contributed by atoms with Crippen LogP contribution in [0.3, 0.4) is 0 Å². The molecule has 6 nitrogen and oxygen atoms in total. The molecule has 40 heavy (non-hydrogen) atoms. The first-order chi connectivity index (χ1) is 19.5. The van der Waals surface area contributed by atoms with Crippen molar-refractivity contribution < 1.29 is 28.5 Å². The van der Waals surface area contributed by atoms with Crippen LogP contribution in [-0.2, 0) is 14.3 Å². The number of ketones is 2. The van der Waals surface area contributed by atoms with E-state index in [4.69, 9.17) is 18.9 Å². The molecule has 0 amide bonds. The van der Waals surface area contributed by atoms with Crippen LogP contribution < -0.4 is 14.2 Å². The smallest absolute Gasteiger partial charge is 0.203 e. The number of carbonyl (C=O) groups excluding carboxylic acids is 2. The van der Waals surface area contributed by atoms with Gasteiger partial charge in [0.15, 0.2) is 23.1 Å². The Hall–Kier alpha value is -4.32. The van der Waals surface area contributed by atoms with E-state index in [2.05, 4.69) is 24.3 Å². The van der Waals surface area contributed by atoms with Gasteiger partial charge in [0.25, 0.3) is 0 Å². The van der Waals surface area contributed by atoms with Crippen LogP contribution in [0.25, 0.3) is 0 Å². The topological polar surface area (TPSA) is 71.1 Å². The summed E-state index contributed by atoms with van der Waals surface area (Å²) in [6, 6.07) is 23.9. The summed E-state index contributed by atoms with van der Waals surface area (Å²) >= 11 is 0. The molecule has 0 radical (unpaired) electrons. The summed E-state index contributed by atoms with van der Waals surface area (Å²) in [7, 11) is 4.68. The van der Waals surface area contributed by atoms with E-state index in [9.17, 15) is 9.59 Å². The number of ether oxygens (including phenoxy) is 4. The van der Waals surface area contributed by atoms with Crippen LogP contribution in [0.2, 0.25) is 0 Å². The van der Waals surface area contributed by atoms with Gasteiger partial charge in [-0.3, -0.25) is 9.59 Å². The van der Waals surface area contributed by atoms with E-state index in [1.165, 1.54) is 0 Å². The number of rotatable bonds is 6. The first-order valence-corrected chi connectivity index (χ1v) is 13.6. The highest BCUT2D eigenvalue weighted by Crippen LogP contribution is 2.53. The Morgan fingerprint density at radius 2 is 1.05 bits per heavy atom. The van der Waals surface area contributed by atoms with Crippen LogP contribution in [0.1, 0.15) is 60.1 Å². The van der Waals surface area contributed by atoms with E-state index in [1.54, 1.807) is 21.3 Å². The Morgan fingerprint density at radius 3 is 1.45 bits per heavy atom. The molecule has 2 aliphatic carbocycles. The normalized spacial score (nSPS) is 21.0. The zero-order valence-electron chi connectivity index (χ0n) is 22.9. The molecule has 3 aromatic carbocycles. The molecule has 3 aromatic rings. The summed E-state index contributed by atoms with van der Waals surface area (Å²) in [5.74, 6) is 2.18. The molecule has 0 unspecified atom stereocenters. The first-order valence-electron chi connectivity index (χ1n) is 13.6. The Kier molecular flexibility index (Phi) is 6.93. The van der Waals surface area contributed by atoms with E-state index in [1.807, 2.05) is 48.5 Å². The van der Waals surface area contributed by atoms with Gasteiger partial charge in [-0.25, -0.2) is 0 Å². The summed E-state index contributed by atoms with van der Waals surface area (Å²) in [5, 5.41) is 0. The number of benzene rings is 3. The molecule has 2 atom stereocenters. The second-order valence-electron chi connectivity index (χ2n) is 10.5. The maximum absolute atomic E-state index is 13.9. The van der Waals surface area contributed by atoms with Gasteiger partial charge in [-0.15, -0.1) is 0 Å². The molecule has 0 saturated heterocycles. The van der Waals surface area contributed by atoms with Crippen molar-refractivity contribution in [1.29, 1.82) is 0 Å². The molecule has 6 heteroatoms. The number of hydrogen-bond donors (Lipinski definition) is 0. The molecule has 0 spiro atoms. The van der Waals surface area contributed by atoms with E-state index >= 15 is 0 Å². The number of allylic oxidation sites excluding steroid dienone is 4. The molecule has 0 saturated carbocycles. The maximum Gasteiger partial charge on any atom is 0.203 e. The van der Waals surface area contributed by atoms with Crippen molar-refractivity contribution in [1.82, 2.24) is 0 Å². The van der Waals surface area contributed by atoms with Crippen LogP contribution >= 0.6 is 0 Å². The highest BCUT2D eigenvalue weighted by atomic mass is 16.5. The summed E-state index contributed by atoms with van der Waals surface area (Å²) < 4.78 is 23.4. The first kappa shape index (κ1) is 25.9. The number of hydrogen-bond acceptors (Lipinski definition) is 6. The lowest BCUT2D eigenvalue weighted by Gasteiger charge is -2.39. The van der Waals surface area contributed by atoms with Gasteiger partial charge in [0, 0.05) is 42.7 Å².